The van der Waals surface area contributed by atoms with Crippen LogP contribution in [-0.2, 0) is 0 Å². The average molecular weight is 320 g/mol. The zero-order valence-corrected chi connectivity index (χ0v) is 14.7. The number of fused-ring (bicyclic) bond motifs is 5. The van der Waals surface area contributed by atoms with Crippen molar-refractivity contribution in [3.8, 4) is 0 Å². The Morgan fingerprint density at radius 3 is 2.43 bits per heavy atom. The molecule has 0 aromatic rings. The minimum absolute atomic E-state index is 0.0103. The maximum Gasteiger partial charge on any atom is 0.0757 e. The van der Waals surface area contributed by atoms with Crippen LogP contribution in [-0.4, -0.2) is 33.6 Å². The Bertz CT molecular complexity index is 529. The second-order valence-corrected chi connectivity index (χ2v) is 9.35. The zero-order valence-electron chi connectivity index (χ0n) is 14.7. The first kappa shape index (κ1) is 16.1. The van der Waals surface area contributed by atoms with Crippen molar-refractivity contribution in [3.63, 3.8) is 0 Å². The maximum atomic E-state index is 11.0. The Labute approximate surface area is 139 Å². The Hall–Kier alpha value is -0.380. The van der Waals surface area contributed by atoms with Crippen LogP contribution < -0.4 is 0 Å². The SMILES string of the molecule is CC1C2=CC(O)[C@@H]3[C@@H](CC[C@]4(C)C(O)CC[C@@H]34)[C@@]2(C)CCC1O. The Morgan fingerprint density at radius 1 is 0.957 bits per heavy atom. The van der Waals surface area contributed by atoms with E-state index >= 15 is 0 Å². The van der Waals surface area contributed by atoms with E-state index in [1.54, 1.807) is 0 Å². The van der Waals surface area contributed by atoms with Crippen LogP contribution in [0.25, 0.3) is 0 Å². The molecule has 0 bridgehead atoms. The van der Waals surface area contributed by atoms with E-state index < -0.39 is 6.10 Å². The molecular formula is C20H32O3. The molecule has 4 rings (SSSR count). The smallest absolute Gasteiger partial charge is 0.0757 e. The van der Waals surface area contributed by atoms with Gasteiger partial charge in [-0.3, -0.25) is 0 Å². The summed E-state index contributed by atoms with van der Waals surface area (Å²) in [5.74, 6) is 1.37. The van der Waals surface area contributed by atoms with Crippen molar-refractivity contribution in [2.24, 2.45) is 34.5 Å². The third-order valence-corrected chi connectivity index (χ3v) is 8.53. The van der Waals surface area contributed by atoms with Gasteiger partial charge < -0.3 is 15.3 Å². The first-order chi connectivity index (χ1) is 10.8. The van der Waals surface area contributed by atoms with E-state index in [0.717, 1.165) is 38.5 Å². The van der Waals surface area contributed by atoms with Crippen LogP contribution in [0.2, 0.25) is 0 Å². The van der Waals surface area contributed by atoms with Crippen LogP contribution in [0, 0.1) is 34.5 Å². The molecule has 3 heteroatoms. The summed E-state index contributed by atoms with van der Waals surface area (Å²) in [6.07, 6.45) is 7.23. The Balaban J connectivity index is 1.75. The van der Waals surface area contributed by atoms with Gasteiger partial charge in [0, 0.05) is 5.92 Å². The molecule has 0 aromatic carbocycles. The minimum atomic E-state index is -0.411. The number of rotatable bonds is 0. The Morgan fingerprint density at radius 2 is 1.70 bits per heavy atom. The molecule has 4 unspecified atom stereocenters. The number of aliphatic hydroxyl groups is 3. The molecule has 0 amide bonds. The van der Waals surface area contributed by atoms with Crippen LogP contribution >= 0.6 is 0 Å². The lowest BCUT2D eigenvalue weighted by atomic mass is 9.46. The molecule has 4 aliphatic rings. The lowest BCUT2D eigenvalue weighted by Gasteiger charge is -2.59. The number of aliphatic hydroxyl groups excluding tert-OH is 3. The van der Waals surface area contributed by atoms with E-state index in [1.807, 2.05) is 0 Å². The highest BCUT2D eigenvalue weighted by atomic mass is 16.3. The summed E-state index contributed by atoms with van der Waals surface area (Å²) >= 11 is 0. The van der Waals surface area contributed by atoms with Crippen LogP contribution in [0.3, 0.4) is 0 Å². The van der Waals surface area contributed by atoms with Gasteiger partial charge in [0.15, 0.2) is 0 Å². The second kappa shape index (κ2) is 5.06. The highest BCUT2D eigenvalue weighted by molar-refractivity contribution is 5.29. The van der Waals surface area contributed by atoms with Crippen molar-refractivity contribution in [1.29, 1.82) is 0 Å². The fourth-order valence-electron chi connectivity index (χ4n) is 6.99. The summed E-state index contributed by atoms with van der Waals surface area (Å²) in [5, 5.41) is 31.8. The second-order valence-electron chi connectivity index (χ2n) is 9.35. The molecule has 0 aliphatic heterocycles. The fraction of sp³-hybridized carbons (Fsp3) is 0.900. The van der Waals surface area contributed by atoms with Gasteiger partial charge in [-0.1, -0.05) is 32.4 Å². The fourth-order valence-corrected chi connectivity index (χ4v) is 6.99. The molecule has 0 heterocycles. The molecule has 0 saturated heterocycles. The van der Waals surface area contributed by atoms with Gasteiger partial charge in [0.2, 0.25) is 0 Å². The minimum Gasteiger partial charge on any atom is -0.393 e. The molecule has 0 spiro atoms. The predicted octanol–water partition coefficient (Wildman–Crippen LogP) is 2.89. The van der Waals surface area contributed by atoms with Gasteiger partial charge >= 0.3 is 0 Å². The maximum absolute atomic E-state index is 11.0. The normalized spacial score (nSPS) is 58.9. The average Bonchev–Trinajstić information content (AvgIpc) is 2.82. The quantitative estimate of drug-likeness (QED) is 0.602. The summed E-state index contributed by atoms with van der Waals surface area (Å²) < 4.78 is 0. The van der Waals surface area contributed by atoms with E-state index in [1.165, 1.54) is 5.57 Å². The van der Waals surface area contributed by atoms with E-state index in [0.29, 0.717) is 11.8 Å². The van der Waals surface area contributed by atoms with Crippen molar-refractivity contribution in [2.45, 2.75) is 77.6 Å². The van der Waals surface area contributed by atoms with Gasteiger partial charge in [0.05, 0.1) is 18.3 Å². The van der Waals surface area contributed by atoms with Crippen molar-refractivity contribution in [1.82, 2.24) is 0 Å². The lowest BCUT2D eigenvalue weighted by Crippen LogP contribution is -2.56. The Kier molecular flexibility index (Phi) is 3.54. The monoisotopic (exact) mass is 320 g/mol. The number of hydrogen-bond acceptors (Lipinski definition) is 3. The molecule has 23 heavy (non-hydrogen) atoms. The van der Waals surface area contributed by atoms with Gasteiger partial charge in [-0.05, 0) is 67.1 Å². The molecular weight excluding hydrogens is 288 g/mol. The molecule has 0 radical (unpaired) electrons. The molecule has 9 atom stereocenters. The first-order valence-electron chi connectivity index (χ1n) is 9.55. The van der Waals surface area contributed by atoms with E-state index in [9.17, 15) is 15.3 Å². The van der Waals surface area contributed by atoms with Crippen LogP contribution in [0.15, 0.2) is 11.6 Å². The van der Waals surface area contributed by atoms with E-state index in [4.69, 9.17) is 0 Å². The molecule has 3 nitrogen and oxygen atoms in total. The summed E-state index contributed by atoms with van der Waals surface area (Å²) in [6.45, 7) is 6.74. The molecule has 3 fully saturated rings. The van der Waals surface area contributed by atoms with Gasteiger partial charge in [0.25, 0.3) is 0 Å². The topological polar surface area (TPSA) is 60.7 Å². The zero-order chi connectivity index (χ0) is 16.6. The van der Waals surface area contributed by atoms with Gasteiger partial charge in [-0.25, -0.2) is 0 Å². The molecule has 130 valence electrons. The van der Waals surface area contributed by atoms with Crippen molar-refractivity contribution in [3.05, 3.63) is 11.6 Å². The summed E-state index contributed by atoms with van der Waals surface area (Å²) in [5.41, 5.74) is 1.41. The van der Waals surface area contributed by atoms with Gasteiger partial charge in [-0.15, -0.1) is 0 Å². The number of hydrogen-bond donors (Lipinski definition) is 3. The largest absolute Gasteiger partial charge is 0.393 e. The molecule has 0 aromatic heterocycles. The van der Waals surface area contributed by atoms with Crippen molar-refractivity contribution < 1.29 is 15.3 Å². The van der Waals surface area contributed by atoms with Gasteiger partial charge in [-0.2, -0.15) is 0 Å². The third kappa shape index (κ3) is 1.99. The van der Waals surface area contributed by atoms with Crippen LogP contribution in [0.4, 0.5) is 0 Å². The first-order valence-corrected chi connectivity index (χ1v) is 9.55. The lowest BCUT2D eigenvalue weighted by molar-refractivity contribution is -0.110. The van der Waals surface area contributed by atoms with Crippen LogP contribution in [0.1, 0.15) is 59.3 Å². The molecule has 4 aliphatic carbocycles. The third-order valence-electron chi connectivity index (χ3n) is 8.53. The molecule has 3 saturated carbocycles. The highest BCUT2D eigenvalue weighted by Crippen LogP contribution is 2.65. The summed E-state index contributed by atoms with van der Waals surface area (Å²) in [4.78, 5) is 0. The molecule has 3 N–H and O–H groups in total. The van der Waals surface area contributed by atoms with Crippen molar-refractivity contribution in [2.75, 3.05) is 0 Å². The van der Waals surface area contributed by atoms with E-state index in [2.05, 4.69) is 26.8 Å². The van der Waals surface area contributed by atoms with Crippen LogP contribution in [0.5, 0.6) is 0 Å². The standard InChI is InChI=1S/C20H32O3/c1-11-14-10-16(22)18-12-4-5-17(23)20(12,3)8-6-13(18)19(14,2)9-7-15(11)21/h10-13,15-18,21-23H,4-9H2,1-3H3/t11?,12-,13+,15?,16?,17?,18-,19+,20-/m0/s1. The summed E-state index contributed by atoms with van der Waals surface area (Å²) in [6, 6.07) is 0. The van der Waals surface area contributed by atoms with E-state index in [-0.39, 0.29) is 34.9 Å². The van der Waals surface area contributed by atoms with Crippen molar-refractivity contribution >= 4 is 0 Å². The van der Waals surface area contributed by atoms with Gasteiger partial charge in [0.1, 0.15) is 0 Å². The highest BCUT2D eigenvalue weighted by Gasteiger charge is 2.61. The summed E-state index contributed by atoms with van der Waals surface area (Å²) in [7, 11) is 0. The predicted molar refractivity (Wildman–Crippen MR) is 89.7 cm³/mol.